The fraction of sp³-hybridized carbons (Fsp3) is 1.00. The molecule has 2 unspecified atom stereocenters. The van der Waals surface area contributed by atoms with E-state index in [0.717, 1.165) is 18.0 Å². The van der Waals surface area contributed by atoms with Crippen molar-refractivity contribution < 1.29 is 0 Å². The third-order valence-electron chi connectivity index (χ3n) is 6.40. The molecule has 2 atom stereocenters. The third-order valence-corrected chi connectivity index (χ3v) is 6.40. The van der Waals surface area contributed by atoms with Crippen LogP contribution in [0.2, 0.25) is 0 Å². The average molecular weight is 278 g/mol. The minimum Gasteiger partial charge on any atom is -0.311 e. The van der Waals surface area contributed by atoms with Crippen LogP contribution in [0.5, 0.6) is 0 Å². The highest BCUT2D eigenvalue weighted by Crippen LogP contribution is 2.42. The lowest BCUT2D eigenvalue weighted by molar-refractivity contribution is 0.0230. The Bertz CT molecular complexity index is 305. The molecule has 0 amide bonds. The molecule has 1 N–H and O–H groups in total. The zero-order valence-electron chi connectivity index (χ0n) is 13.7. The molecule has 2 saturated carbocycles. The Balaban J connectivity index is 1.59. The van der Waals surface area contributed by atoms with E-state index in [2.05, 4.69) is 24.1 Å². The topological polar surface area (TPSA) is 15.3 Å². The maximum absolute atomic E-state index is 3.90. The van der Waals surface area contributed by atoms with Crippen LogP contribution >= 0.6 is 0 Å². The van der Waals surface area contributed by atoms with E-state index in [0.29, 0.717) is 5.41 Å². The zero-order valence-corrected chi connectivity index (χ0v) is 13.7. The molecule has 0 spiro atoms. The van der Waals surface area contributed by atoms with Crippen LogP contribution in [-0.2, 0) is 0 Å². The monoisotopic (exact) mass is 278 g/mol. The Hall–Kier alpha value is -0.0800. The lowest BCUT2D eigenvalue weighted by Gasteiger charge is -2.49. The minimum absolute atomic E-state index is 0.641. The molecule has 2 nitrogen and oxygen atoms in total. The second-order valence-corrected chi connectivity index (χ2v) is 8.07. The summed E-state index contributed by atoms with van der Waals surface area (Å²) in [5.74, 6) is 0.957. The summed E-state index contributed by atoms with van der Waals surface area (Å²) < 4.78 is 0. The Morgan fingerprint density at radius 1 is 1.10 bits per heavy atom. The van der Waals surface area contributed by atoms with Crippen LogP contribution in [0.1, 0.15) is 71.6 Å². The Kier molecular flexibility index (Phi) is 4.72. The van der Waals surface area contributed by atoms with Gasteiger partial charge in [-0.05, 0) is 43.4 Å². The van der Waals surface area contributed by atoms with Gasteiger partial charge in [0.25, 0.3) is 0 Å². The predicted octanol–water partition coefficient (Wildman–Crippen LogP) is 3.81. The normalized spacial score (nSPS) is 35.7. The summed E-state index contributed by atoms with van der Waals surface area (Å²) in [6.07, 6.45) is 13.0. The van der Waals surface area contributed by atoms with Crippen molar-refractivity contribution in [2.24, 2.45) is 11.3 Å². The molecule has 0 aromatic rings. The van der Waals surface area contributed by atoms with Crippen LogP contribution in [-0.4, -0.2) is 36.6 Å². The van der Waals surface area contributed by atoms with Crippen molar-refractivity contribution in [1.82, 2.24) is 10.2 Å². The summed E-state index contributed by atoms with van der Waals surface area (Å²) in [5, 5.41) is 3.90. The quantitative estimate of drug-likeness (QED) is 0.841. The van der Waals surface area contributed by atoms with E-state index in [9.17, 15) is 0 Å². The lowest BCUT2D eigenvalue weighted by atomic mass is 9.69. The van der Waals surface area contributed by atoms with Gasteiger partial charge in [-0.2, -0.15) is 0 Å². The highest BCUT2D eigenvalue weighted by Gasteiger charge is 2.38. The fourth-order valence-electron chi connectivity index (χ4n) is 4.76. The van der Waals surface area contributed by atoms with E-state index in [1.165, 1.54) is 77.4 Å². The van der Waals surface area contributed by atoms with Crippen LogP contribution in [0.4, 0.5) is 0 Å². The summed E-state index contributed by atoms with van der Waals surface area (Å²) in [7, 11) is 0. The molecule has 1 aliphatic heterocycles. The highest BCUT2D eigenvalue weighted by molar-refractivity contribution is 4.94. The van der Waals surface area contributed by atoms with Gasteiger partial charge >= 0.3 is 0 Å². The summed E-state index contributed by atoms with van der Waals surface area (Å²) in [4.78, 5) is 2.86. The van der Waals surface area contributed by atoms with Gasteiger partial charge < -0.3 is 5.32 Å². The second-order valence-electron chi connectivity index (χ2n) is 8.07. The first-order valence-corrected chi connectivity index (χ1v) is 9.18. The van der Waals surface area contributed by atoms with E-state index in [1.54, 1.807) is 0 Å². The van der Waals surface area contributed by atoms with Gasteiger partial charge in [0.1, 0.15) is 0 Å². The van der Waals surface area contributed by atoms with Crippen molar-refractivity contribution in [1.29, 1.82) is 0 Å². The number of piperazine rings is 1. The Morgan fingerprint density at radius 3 is 2.45 bits per heavy atom. The van der Waals surface area contributed by atoms with Gasteiger partial charge in [0, 0.05) is 31.7 Å². The summed E-state index contributed by atoms with van der Waals surface area (Å²) in [6.45, 7) is 8.78. The van der Waals surface area contributed by atoms with E-state index in [1.807, 2.05) is 0 Å². The minimum atomic E-state index is 0.641. The third kappa shape index (κ3) is 3.22. The van der Waals surface area contributed by atoms with Gasteiger partial charge in [-0.3, -0.25) is 4.90 Å². The first-order valence-electron chi connectivity index (χ1n) is 9.18. The lowest BCUT2D eigenvalue weighted by Crippen LogP contribution is -2.60. The average Bonchev–Trinajstić information content (AvgIpc) is 2.46. The first-order chi connectivity index (χ1) is 9.70. The molecule has 3 fully saturated rings. The maximum Gasteiger partial charge on any atom is 0.0224 e. The van der Waals surface area contributed by atoms with E-state index >= 15 is 0 Å². The summed E-state index contributed by atoms with van der Waals surface area (Å²) >= 11 is 0. The number of hydrogen-bond acceptors (Lipinski definition) is 2. The molecule has 20 heavy (non-hydrogen) atoms. The van der Waals surface area contributed by atoms with Crippen molar-refractivity contribution in [3.63, 3.8) is 0 Å². The summed E-state index contributed by atoms with van der Waals surface area (Å²) in [5.41, 5.74) is 0.641. The standard InChI is InChI=1S/C18H34N2/c1-3-16-12-19-17(15-8-5-4-6-9-15)13-20(16)14-18(2)10-7-11-18/h15-17,19H,3-14H2,1-2H3. The van der Waals surface area contributed by atoms with Crippen molar-refractivity contribution in [3.05, 3.63) is 0 Å². The molecule has 1 saturated heterocycles. The Labute approximate surface area is 125 Å². The zero-order chi connectivity index (χ0) is 14.0. The molecular formula is C18H34N2. The first kappa shape index (κ1) is 14.8. The molecule has 0 bridgehead atoms. The molecule has 3 aliphatic rings. The molecule has 0 radical (unpaired) electrons. The summed E-state index contributed by atoms with van der Waals surface area (Å²) in [6, 6.07) is 1.56. The van der Waals surface area contributed by atoms with Crippen LogP contribution < -0.4 is 5.32 Å². The molecule has 1 heterocycles. The molecule has 0 aromatic carbocycles. The SMILES string of the molecule is CCC1CNC(C2CCCCC2)CN1CC1(C)CCC1. The second kappa shape index (κ2) is 6.36. The van der Waals surface area contributed by atoms with Gasteiger partial charge in [-0.25, -0.2) is 0 Å². The van der Waals surface area contributed by atoms with Crippen molar-refractivity contribution in [3.8, 4) is 0 Å². The largest absolute Gasteiger partial charge is 0.311 e. The van der Waals surface area contributed by atoms with Gasteiger partial charge in [-0.15, -0.1) is 0 Å². The van der Waals surface area contributed by atoms with Crippen LogP contribution in [0, 0.1) is 11.3 Å². The Morgan fingerprint density at radius 2 is 1.85 bits per heavy atom. The van der Waals surface area contributed by atoms with Crippen molar-refractivity contribution >= 4 is 0 Å². The van der Waals surface area contributed by atoms with E-state index in [-0.39, 0.29) is 0 Å². The number of nitrogens with one attached hydrogen (secondary N) is 1. The highest BCUT2D eigenvalue weighted by atomic mass is 15.2. The molecule has 0 aromatic heterocycles. The fourth-order valence-corrected chi connectivity index (χ4v) is 4.76. The molecule has 2 aliphatic carbocycles. The molecule has 2 heteroatoms. The number of nitrogens with zero attached hydrogens (tertiary/aromatic N) is 1. The van der Waals surface area contributed by atoms with Gasteiger partial charge in [-0.1, -0.05) is 39.5 Å². The van der Waals surface area contributed by atoms with Gasteiger partial charge in [0.05, 0.1) is 0 Å². The van der Waals surface area contributed by atoms with Gasteiger partial charge in [0.2, 0.25) is 0 Å². The van der Waals surface area contributed by atoms with E-state index in [4.69, 9.17) is 0 Å². The van der Waals surface area contributed by atoms with E-state index < -0.39 is 0 Å². The molecule has 3 rings (SSSR count). The van der Waals surface area contributed by atoms with Crippen LogP contribution in [0.15, 0.2) is 0 Å². The maximum atomic E-state index is 3.90. The molecular weight excluding hydrogens is 244 g/mol. The predicted molar refractivity (Wildman–Crippen MR) is 86.0 cm³/mol. The van der Waals surface area contributed by atoms with Crippen molar-refractivity contribution in [2.45, 2.75) is 83.7 Å². The number of hydrogen-bond donors (Lipinski definition) is 1. The van der Waals surface area contributed by atoms with Crippen LogP contribution in [0.25, 0.3) is 0 Å². The number of rotatable bonds is 4. The smallest absolute Gasteiger partial charge is 0.0224 e. The van der Waals surface area contributed by atoms with Gasteiger partial charge in [0.15, 0.2) is 0 Å². The van der Waals surface area contributed by atoms with Crippen LogP contribution in [0.3, 0.4) is 0 Å². The van der Waals surface area contributed by atoms with Crippen molar-refractivity contribution in [2.75, 3.05) is 19.6 Å². The molecule has 116 valence electrons.